The molecular formula is C11H19N3O3S. The Bertz CT molecular complexity index is 517. The highest BCUT2D eigenvalue weighted by Crippen LogP contribution is 2.31. The molecule has 0 bridgehead atoms. The van der Waals surface area contributed by atoms with Crippen LogP contribution in [0.4, 0.5) is 0 Å². The van der Waals surface area contributed by atoms with Gasteiger partial charge in [0.05, 0.1) is 11.8 Å². The average molecular weight is 273 g/mol. The summed E-state index contributed by atoms with van der Waals surface area (Å²) < 4.78 is 27.1. The summed E-state index contributed by atoms with van der Waals surface area (Å²) in [7, 11) is -0.385. The Morgan fingerprint density at radius 3 is 2.61 bits per heavy atom. The van der Waals surface area contributed by atoms with Gasteiger partial charge in [-0.3, -0.25) is 4.68 Å². The van der Waals surface area contributed by atoms with Crippen LogP contribution in [0.25, 0.3) is 0 Å². The zero-order valence-corrected chi connectivity index (χ0v) is 11.5. The summed E-state index contributed by atoms with van der Waals surface area (Å²) in [6, 6.07) is 0. The van der Waals surface area contributed by atoms with E-state index in [0.29, 0.717) is 12.8 Å². The van der Waals surface area contributed by atoms with Gasteiger partial charge in [-0.05, 0) is 12.8 Å². The minimum absolute atomic E-state index is 0.143. The lowest BCUT2D eigenvalue weighted by molar-refractivity contribution is 0.0333. The van der Waals surface area contributed by atoms with Gasteiger partial charge in [0.15, 0.2) is 0 Å². The third kappa shape index (κ3) is 2.57. The maximum absolute atomic E-state index is 12.2. The average Bonchev–Trinajstić information content (AvgIpc) is 2.87. The normalized spacial score (nSPS) is 19.6. The second kappa shape index (κ2) is 4.64. The summed E-state index contributed by atoms with van der Waals surface area (Å²) in [5.74, 6) is 0. The van der Waals surface area contributed by atoms with Gasteiger partial charge in [-0.2, -0.15) is 9.40 Å². The van der Waals surface area contributed by atoms with Crippen LogP contribution >= 0.6 is 0 Å². The van der Waals surface area contributed by atoms with Crippen molar-refractivity contribution in [2.24, 2.45) is 7.05 Å². The van der Waals surface area contributed by atoms with E-state index in [4.69, 9.17) is 0 Å². The van der Waals surface area contributed by atoms with E-state index < -0.39 is 15.6 Å². The first-order chi connectivity index (χ1) is 8.33. The molecule has 0 unspecified atom stereocenters. The molecule has 0 aromatic carbocycles. The number of aromatic nitrogens is 2. The quantitative estimate of drug-likeness (QED) is 0.858. The van der Waals surface area contributed by atoms with Gasteiger partial charge < -0.3 is 5.11 Å². The Labute approximate surface area is 107 Å². The standard InChI is InChI=1S/C11H19N3O3S/c1-13-8-10(7-12-13)18(16,17)14(2)9-11(15)5-3-4-6-11/h7-8,15H,3-6,9H2,1-2H3. The summed E-state index contributed by atoms with van der Waals surface area (Å²) in [4.78, 5) is 0.161. The predicted octanol–water partition coefficient (Wildman–Crippen LogP) is 0.346. The zero-order valence-electron chi connectivity index (χ0n) is 10.7. The van der Waals surface area contributed by atoms with Crippen molar-refractivity contribution >= 4 is 10.0 Å². The Kier molecular flexibility index (Phi) is 3.48. The molecule has 0 aliphatic heterocycles. The number of nitrogens with zero attached hydrogens (tertiary/aromatic N) is 3. The number of sulfonamides is 1. The van der Waals surface area contributed by atoms with Crippen LogP contribution in [0.1, 0.15) is 25.7 Å². The summed E-state index contributed by atoms with van der Waals surface area (Å²) in [6.07, 6.45) is 6.03. The maximum Gasteiger partial charge on any atom is 0.246 e. The van der Waals surface area contributed by atoms with Crippen molar-refractivity contribution in [2.75, 3.05) is 13.6 Å². The summed E-state index contributed by atoms with van der Waals surface area (Å²) in [5.41, 5.74) is -0.871. The SMILES string of the molecule is CN(CC1(O)CCCC1)S(=O)(=O)c1cnn(C)c1. The molecule has 18 heavy (non-hydrogen) atoms. The number of hydrogen-bond acceptors (Lipinski definition) is 4. The fraction of sp³-hybridized carbons (Fsp3) is 0.727. The van der Waals surface area contributed by atoms with E-state index in [0.717, 1.165) is 12.8 Å². The summed E-state index contributed by atoms with van der Waals surface area (Å²) >= 11 is 0. The van der Waals surface area contributed by atoms with Gasteiger partial charge in [-0.1, -0.05) is 12.8 Å². The maximum atomic E-state index is 12.2. The Balaban J connectivity index is 2.15. The number of rotatable bonds is 4. The van der Waals surface area contributed by atoms with Crippen LogP contribution in [0.15, 0.2) is 17.3 Å². The van der Waals surface area contributed by atoms with Crippen LogP contribution in [0.3, 0.4) is 0 Å². The number of aryl methyl sites for hydroxylation is 1. The molecular weight excluding hydrogens is 254 g/mol. The highest BCUT2D eigenvalue weighted by molar-refractivity contribution is 7.89. The van der Waals surface area contributed by atoms with Crippen molar-refractivity contribution in [1.29, 1.82) is 0 Å². The van der Waals surface area contributed by atoms with Gasteiger partial charge >= 0.3 is 0 Å². The first-order valence-corrected chi connectivity index (χ1v) is 7.45. The van der Waals surface area contributed by atoms with Gasteiger partial charge in [-0.25, -0.2) is 8.42 Å². The molecule has 1 aliphatic carbocycles. The molecule has 1 aromatic rings. The van der Waals surface area contributed by atoms with Crippen LogP contribution in [-0.2, 0) is 17.1 Å². The first-order valence-electron chi connectivity index (χ1n) is 6.01. The molecule has 1 N–H and O–H groups in total. The Hall–Kier alpha value is -0.920. The second-order valence-corrected chi connectivity index (χ2v) is 7.09. The van der Waals surface area contributed by atoms with E-state index in [1.807, 2.05) is 0 Å². The predicted molar refractivity (Wildman–Crippen MR) is 66.4 cm³/mol. The molecule has 1 aromatic heterocycles. The summed E-state index contributed by atoms with van der Waals surface area (Å²) in [5, 5.41) is 14.1. The van der Waals surface area contributed by atoms with Crippen molar-refractivity contribution in [3.8, 4) is 0 Å². The van der Waals surface area contributed by atoms with Crippen LogP contribution in [-0.4, -0.2) is 46.8 Å². The summed E-state index contributed by atoms with van der Waals surface area (Å²) in [6.45, 7) is 0.143. The number of hydrogen-bond donors (Lipinski definition) is 1. The Morgan fingerprint density at radius 1 is 1.50 bits per heavy atom. The van der Waals surface area contributed by atoms with Crippen LogP contribution in [0, 0.1) is 0 Å². The highest BCUT2D eigenvalue weighted by atomic mass is 32.2. The lowest BCUT2D eigenvalue weighted by Gasteiger charge is -2.27. The zero-order chi connectivity index (χ0) is 13.4. The van der Waals surface area contributed by atoms with Crippen molar-refractivity contribution in [3.63, 3.8) is 0 Å². The van der Waals surface area contributed by atoms with Crippen molar-refractivity contribution < 1.29 is 13.5 Å². The molecule has 2 rings (SSSR count). The topological polar surface area (TPSA) is 75.4 Å². The molecule has 1 saturated carbocycles. The molecule has 1 heterocycles. The molecule has 1 fully saturated rings. The molecule has 0 spiro atoms. The smallest absolute Gasteiger partial charge is 0.246 e. The van der Waals surface area contributed by atoms with E-state index in [2.05, 4.69) is 5.10 Å². The third-order valence-electron chi connectivity index (χ3n) is 3.44. The first kappa shape index (κ1) is 13.5. The lowest BCUT2D eigenvalue weighted by Crippen LogP contribution is -2.41. The number of likely N-dealkylation sites (N-methyl/N-ethyl adjacent to an activating group) is 1. The molecule has 0 atom stereocenters. The number of aliphatic hydroxyl groups is 1. The van der Waals surface area contributed by atoms with Crippen LogP contribution < -0.4 is 0 Å². The Morgan fingerprint density at radius 2 is 2.11 bits per heavy atom. The third-order valence-corrected chi connectivity index (χ3v) is 5.20. The van der Waals surface area contributed by atoms with Gasteiger partial charge in [0.1, 0.15) is 4.90 Å². The molecule has 0 radical (unpaired) electrons. The molecule has 7 heteroatoms. The molecule has 102 valence electrons. The highest BCUT2D eigenvalue weighted by Gasteiger charge is 2.36. The lowest BCUT2D eigenvalue weighted by atomic mass is 10.0. The molecule has 1 aliphatic rings. The van der Waals surface area contributed by atoms with E-state index in [-0.39, 0.29) is 11.4 Å². The van der Waals surface area contributed by atoms with E-state index in [9.17, 15) is 13.5 Å². The van der Waals surface area contributed by atoms with E-state index in [1.165, 1.54) is 28.4 Å². The molecule has 6 nitrogen and oxygen atoms in total. The monoisotopic (exact) mass is 273 g/mol. The second-order valence-electron chi connectivity index (χ2n) is 5.04. The minimum atomic E-state index is -3.55. The van der Waals surface area contributed by atoms with Crippen molar-refractivity contribution in [2.45, 2.75) is 36.2 Å². The van der Waals surface area contributed by atoms with Gasteiger partial charge in [0, 0.05) is 26.8 Å². The van der Waals surface area contributed by atoms with Crippen molar-refractivity contribution in [3.05, 3.63) is 12.4 Å². The van der Waals surface area contributed by atoms with E-state index >= 15 is 0 Å². The largest absolute Gasteiger partial charge is 0.389 e. The fourth-order valence-corrected chi connectivity index (χ4v) is 3.64. The van der Waals surface area contributed by atoms with Crippen LogP contribution in [0.5, 0.6) is 0 Å². The minimum Gasteiger partial charge on any atom is -0.389 e. The van der Waals surface area contributed by atoms with Gasteiger partial charge in [0.2, 0.25) is 10.0 Å². The van der Waals surface area contributed by atoms with Gasteiger partial charge in [-0.15, -0.1) is 0 Å². The fourth-order valence-electron chi connectivity index (χ4n) is 2.40. The van der Waals surface area contributed by atoms with E-state index in [1.54, 1.807) is 7.05 Å². The molecule has 0 amide bonds. The van der Waals surface area contributed by atoms with Crippen LogP contribution in [0.2, 0.25) is 0 Å². The van der Waals surface area contributed by atoms with Crippen molar-refractivity contribution in [1.82, 2.24) is 14.1 Å². The molecule has 0 saturated heterocycles. The van der Waals surface area contributed by atoms with Gasteiger partial charge in [0.25, 0.3) is 0 Å².